The number of hydrogen-bond donors (Lipinski definition) is 1. The van der Waals surface area contributed by atoms with Crippen LogP contribution >= 0.6 is 11.8 Å². The van der Waals surface area contributed by atoms with Crippen LogP contribution in [0.1, 0.15) is 18.9 Å². The summed E-state index contributed by atoms with van der Waals surface area (Å²) in [6, 6.07) is 14.4. The number of sulfonamides is 1. The van der Waals surface area contributed by atoms with Crippen molar-refractivity contribution in [2.45, 2.75) is 34.9 Å². The van der Waals surface area contributed by atoms with Gasteiger partial charge in [0.25, 0.3) is 0 Å². The molecule has 0 aromatic heterocycles. The molecule has 0 unspecified atom stereocenters. The van der Waals surface area contributed by atoms with Gasteiger partial charge in [0.2, 0.25) is 15.9 Å². The van der Waals surface area contributed by atoms with Gasteiger partial charge in [-0.05, 0) is 23.8 Å². The van der Waals surface area contributed by atoms with Gasteiger partial charge in [-0.3, -0.25) is 4.79 Å². The van der Waals surface area contributed by atoms with Crippen molar-refractivity contribution < 1.29 is 13.2 Å². The third-order valence-corrected chi connectivity index (χ3v) is 6.96. The molecule has 25 heavy (non-hydrogen) atoms. The van der Waals surface area contributed by atoms with E-state index in [1.807, 2.05) is 37.3 Å². The summed E-state index contributed by atoms with van der Waals surface area (Å²) in [7, 11) is -2.08. The van der Waals surface area contributed by atoms with Gasteiger partial charge in [-0.25, -0.2) is 8.42 Å². The van der Waals surface area contributed by atoms with Crippen LogP contribution < -0.4 is 5.32 Å². The predicted molar refractivity (Wildman–Crippen MR) is 100 cm³/mol. The summed E-state index contributed by atoms with van der Waals surface area (Å²) < 4.78 is 27.0. The van der Waals surface area contributed by atoms with Crippen molar-refractivity contribution >= 4 is 33.4 Å². The van der Waals surface area contributed by atoms with Gasteiger partial charge in [0, 0.05) is 30.2 Å². The number of carbonyl (C=O) groups is 1. The van der Waals surface area contributed by atoms with Gasteiger partial charge in [0.05, 0.1) is 10.6 Å². The molecular weight excluding hydrogens is 356 g/mol. The van der Waals surface area contributed by atoms with Crippen LogP contribution in [0.2, 0.25) is 0 Å². The number of amides is 1. The molecule has 0 radical (unpaired) electrons. The Morgan fingerprint density at radius 2 is 1.92 bits per heavy atom. The van der Waals surface area contributed by atoms with E-state index >= 15 is 0 Å². The lowest BCUT2D eigenvalue weighted by atomic mass is 10.2. The Bertz CT molecular complexity index is 882. The topological polar surface area (TPSA) is 66.5 Å². The Balaban J connectivity index is 1.89. The maximum Gasteiger partial charge on any atom is 0.243 e. The minimum Gasteiger partial charge on any atom is -0.325 e. The van der Waals surface area contributed by atoms with E-state index < -0.39 is 10.0 Å². The quantitative estimate of drug-likeness (QED) is 0.889. The lowest BCUT2D eigenvalue weighted by molar-refractivity contribution is -0.116. The Labute approximate surface area is 152 Å². The summed E-state index contributed by atoms with van der Waals surface area (Å²) >= 11 is 1.58. The molecule has 1 amide bonds. The van der Waals surface area contributed by atoms with Crippen LogP contribution in [0.4, 0.5) is 5.69 Å². The summed E-state index contributed by atoms with van der Waals surface area (Å²) in [6.07, 6.45) is 0.412. The fourth-order valence-corrected chi connectivity index (χ4v) is 4.93. The molecule has 0 fully saturated rings. The van der Waals surface area contributed by atoms with Crippen molar-refractivity contribution in [3.63, 3.8) is 0 Å². The molecule has 2 aromatic rings. The number of carbonyl (C=O) groups excluding carboxylic acids is 1. The molecule has 1 N–H and O–H groups in total. The SMILES string of the molecule is C[C@@H]1CC(=O)Nc2cc(S(=O)(=O)N(C)Cc3ccccc3)ccc2S1. The molecule has 1 aliphatic heterocycles. The first-order chi connectivity index (χ1) is 11.9. The number of nitrogens with zero attached hydrogens (tertiary/aromatic N) is 1. The number of hydrogen-bond acceptors (Lipinski definition) is 4. The summed E-state index contributed by atoms with van der Waals surface area (Å²) in [5, 5.41) is 2.97. The van der Waals surface area contributed by atoms with Crippen molar-refractivity contribution in [2.24, 2.45) is 0 Å². The van der Waals surface area contributed by atoms with Crippen molar-refractivity contribution in [1.82, 2.24) is 4.31 Å². The highest BCUT2D eigenvalue weighted by Gasteiger charge is 2.25. The molecule has 0 aliphatic carbocycles. The Kier molecular flexibility index (Phi) is 5.17. The molecule has 0 spiro atoms. The zero-order valence-electron chi connectivity index (χ0n) is 14.1. The molecule has 1 heterocycles. The fraction of sp³-hybridized carbons (Fsp3) is 0.278. The van der Waals surface area contributed by atoms with E-state index in [1.165, 1.54) is 4.31 Å². The molecule has 2 aromatic carbocycles. The normalized spacial score (nSPS) is 17.7. The molecule has 1 aliphatic rings. The van der Waals surface area contributed by atoms with E-state index in [1.54, 1.807) is 37.0 Å². The van der Waals surface area contributed by atoms with Crippen LogP contribution in [0.5, 0.6) is 0 Å². The molecule has 1 atom stereocenters. The zero-order valence-corrected chi connectivity index (χ0v) is 15.7. The van der Waals surface area contributed by atoms with Gasteiger partial charge in [-0.1, -0.05) is 37.3 Å². The first-order valence-corrected chi connectivity index (χ1v) is 10.3. The summed E-state index contributed by atoms with van der Waals surface area (Å²) in [5.74, 6) is -0.0917. The van der Waals surface area contributed by atoms with E-state index in [0.29, 0.717) is 18.7 Å². The number of anilines is 1. The van der Waals surface area contributed by atoms with Crippen LogP contribution in [0.15, 0.2) is 58.3 Å². The van der Waals surface area contributed by atoms with Gasteiger partial charge in [0.15, 0.2) is 0 Å². The molecule has 7 heteroatoms. The Hall–Kier alpha value is -1.83. The van der Waals surface area contributed by atoms with Crippen molar-refractivity contribution in [3.8, 4) is 0 Å². The highest BCUT2D eigenvalue weighted by molar-refractivity contribution is 8.00. The third-order valence-electron chi connectivity index (χ3n) is 3.98. The second-order valence-electron chi connectivity index (χ2n) is 6.09. The number of benzene rings is 2. The number of rotatable bonds is 4. The van der Waals surface area contributed by atoms with Crippen LogP contribution in [-0.4, -0.2) is 30.9 Å². The summed E-state index contributed by atoms with van der Waals surface area (Å²) in [4.78, 5) is 13.0. The minimum atomic E-state index is -3.64. The van der Waals surface area contributed by atoms with Crippen LogP contribution in [0, 0.1) is 0 Å². The molecule has 132 valence electrons. The van der Waals surface area contributed by atoms with E-state index in [4.69, 9.17) is 0 Å². The molecule has 5 nitrogen and oxygen atoms in total. The largest absolute Gasteiger partial charge is 0.325 e. The highest BCUT2D eigenvalue weighted by Crippen LogP contribution is 2.36. The smallest absolute Gasteiger partial charge is 0.243 e. The lowest BCUT2D eigenvalue weighted by Crippen LogP contribution is -2.26. The highest BCUT2D eigenvalue weighted by atomic mass is 32.2. The van der Waals surface area contributed by atoms with Gasteiger partial charge in [-0.15, -0.1) is 11.8 Å². The maximum absolute atomic E-state index is 12.9. The van der Waals surface area contributed by atoms with Crippen molar-refractivity contribution in [1.29, 1.82) is 0 Å². The molecule has 0 bridgehead atoms. The summed E-state index contributed by atoms with van der Waals surface area (Å²) in [6.45, 7) is 2.27. The average molecular weight is 377 g/mol. The van der Waals surface area contributed by atoms with Crippen LogP contribution in [0.25, 0.3) is 0 Å². The van der Waals surface area contributed by atoms with E-state index in [2.05, 4.69) is 5.32 Å². The second-order valence-corrected chi connectivity index (χ2v) is 9.61. The zero-order chi connectivity index (χ0) is 18.0. The number of thioether (sulfide) groups is 1. The Morgan fingerprint density at radius 1 is 1.20 bits per heavy atom. The third kappa shape index (κ3) is 4.05. The number of fused-ring (bicyclic) bond motifs is 1. The maximum atomic E-state index is 12.9. The van der Waals surface area contributed by atoms with Gasteiger partial charge < -0.3 is 5.32 Å². The molecular formula is C18H20N2O3S2. The van der Waals surface area contributed by atoms with Crippen molar-refractivity contribution in [2.75, 3.05) is 12.4 Å². The molecule has 0 saturated carbocycles. The monoisotopic (exact) mass is 376 g/mol. The summed E-state index contributed by atoms with van der Waals surface area (Å²) in [5.41, 5.74) is 1.48. The second kappa shape index (κ2) is 7.19. The molecule has 0 saturated heterocycles. The first kappa shape index (κ1) is 18.0. The average Bonchev–Trinajstić information content (AvgIpc) is 2.71. The van der Waals surface area contributed by atoms with Gasteiger partial charge >= 0.3 is 0 Å². The van der Waals surface area contributed by atoms with Gasteiger partial charge in [-0.2, -0.15) is 4.31 Å². The van der Waals surface area contributed by atoms with E-state index in [0.717, 1.165) is 10.5 Å². The standard InChI is InChI=1S/C18H20N2O3S2/c1-13-10-18(21)19-16-11-15(8-9-17(16)24-13)25(22,23)20(2)12-14-6-4-3-5-7-14/h3-9,11,13H,10,12H2,1-2H3,(H,19,21)/t13-/m1/s1. The Morgan fingerprint density at radius 3 is 2.64 bits per heavy atom. The first-order valence-electron chi connectivity index (χ1n) is 7.97. The molecule has 3 rings (SSSR count). The fourth-order valence-electron chi connectivity index (χ4n) is 2.70. The van der Waals surface area contributed by atoms with E-state index in [-0.39, 0.29) is 16.1 Å². The van der Waals surface area contributed by atoms with Crippen LogP contribution in [-0.2, 0) is 21.4 Å². The van der Waals surface area contributed by atoms with Crippen molar-refractivity contribution in [3.05, 3.63) is 54.1 Å². The van der Waals surface area contributed by atoms with Gasteiger partial charge in [0.1, 0.15) is 0 Å². The predicted octanol–water partition coefficient (Wildman–Crippen LogP) is 3.33. The minimum absolute atomic E-state index is 0.0917. The van der Waals surface area contributed by atoms with E-state index in [9.17, 15) is 13.2 Å². The number of nitrogens with one attached hydrogen (secondary N) is 1. The van der Waals surface area contributed by atoms with Crippen LogP contribution in [0.3, 0.4) is 0 Å². The lowest BCUT2D eigenvalue weighted by Gasteiger charge is -2.18.